The second-order valence-electron chi connectivity index (χ2n) is 8.77. The van der Waals surface area contributed by atoms with Crippen molar-refractivity contribution in [2.75, 3.05) is 19.6 Å². The smallest absolute Gasteiger partial charge is 0.255 e. The lowest BCUT2D eigenvalue weighted by atomic mass is 10.0. The van der Waals surface area contributed by atoms with E-state index in [9.17, 15) is 9.59 Å². The number of likely N-dealkylation sites (tertiary alicyclic amines) is 1. The molecule has 0 saturated carbocycles. The summed E-state index contributed by atoms with van der Waals surface area (Å²) in [5.41, 5.74) is 1.06. The molecule has 1 aromatic heterocycles. The summed E-state index contributed by atoms with van der Waals surface area (Å²) in [5, 5.41) is 5.39. The highest BCUT2D eigenvalue weighted by molar-refractivity contribution is 6.36. The number of amides is 2. The lowest BCUT2D eigenvalue weighted by Gasteiger charge is -2.35. The van der Waals surface area contributed by atoms with Crippen molar-refractivity contribution in [2.24, 2.45) is 0 Å². The first-order chi connectivity index (χ1) is 17.4. The maximum Gasteiger partial charge on any atom is 0.255 e. The van der Waals surface area contributed by atoms with E-state index in [1.165, 1.54) is 6.07 Å². The van der Waals surface area contributed by atoms with Crippen molar-refractivity contribution in [3.8, 4) is 11.4 Å². The van der Waals surface area contributed by atoms with Gasteiger partial charge >= 0.3 is 0 Å². The van der Waals surface area contributed by atoms with Gasteiger partial charge in [0.25, 0.3) is 5.91 Å². The summed E-state index contributed by atoms with van der Waals surface area (Å²) in [6.07, 6.45) is 4.15. The molecule has 0 aliphatic carbocycles. The molecule has 1 atom stereocenters. The fourth-order valence-corrected chi connectivity index (χ4v) is 4.97. The van der Waals surface area contributed by atoms with E-state index in [4.69, 9.17) is 39.3 Å². The number of benzene rings is 2. The summed E-state index contributed by atoms with van der Waals surface area (Å²) in [7, 11) is 0. The molecule has 0 N–H and O–H groups in total. The Balaban J connectivity index is 1.53. The number of hydrogen-bond acceptors (Lipinski definition) is 5. The van der Waals surface area contributed by atoms with E-state index in [1.807, 2.05) is 19.1 Å². The van der Waals surface area contributed by atoms with Crippen LogP contribution in [-0.4, -0.2) is 51.4 Å². The molecule has 2 amide bonds. The minimum Gasteiger partial charge on any atom is -0.337 e. The molecular weight excluding hydrogens is 523 g/mol. The number of unbranched alkanes of at least 4 members (excludes halogenated alkanes) is 1. The van der Waals surface area contributed by atoms with Crippen molar-refractivity contribution >= 4 is 46.6 Å². The van der Waals surface area contributed by atoms with Crippen LogP contribution in [0.4, 0.5) is 0 Å². The first-order valence-corrected chi connectivity index (χ1v) is 13.1. The van der Waals surface area contributed by atoms with Crippen LogP contribution >= 0.6 is 34.8 Å². The van der Waals surface area contributed by atoms with E-state index in [-0.39, 0.29) is 29.4 Å². The number of nitrogens with zero attached hydrogens (tertiary/aromatic N) is 4. The maximum atomic E-state index is 13.5. The van der Waals surface area contributed by atoms with Gasteiger partial charge in [-0.2, -0.15) is 4.98 Å². The number of halogens is 3. The normalized spacial score (nSPS) is 15.7. The predicted molar refractivity (Wildman–Crippen MR) is 140 cm³/mol. The van der Waals surface area contributed by atoms with Crippen LogP contribution in [0.3, 0.4) is 0 Å². The van der Waals surface area contributed by atoms with Crippen LogP contribution in [0.1, 0.15) is 61.3 Å². The second kappa shape index (κ2) is 12.1. The van der Waals surface area contributed by atoms with Crippen LogP contribution in [0.15, 0.2) is 47.0 Å². The number of carbonyl (C=O) groups is 2. The van der Waals surface area contributed by atoms with E-state index in [0.717, 1.165) is 31.2 Å². The topological polar surface area (TPSA) is 79.5 Å². The Hall–Kier alpha value is -2.61. The molecule has 1 saturated heterocycles. The average Bonchev–Trinajstić information content (AvgIpc) is 3.36. The van der Waals surface area contributed by atoms with Gasteiger partial charge in [0, 0.05) is 28.7 Å². The minimum absolute atomic E-state index is 0.0659. The fraction of sp³-hybridized carbons (Fsp3) is 0.385. The van der Waals surface area contributed by atoms with Crippen molar-refractivity contribution in [1.82, 2.24) is 19.9 Å². The van der Waals surface area contributed by atoms with Gasteiger partial charge in [-0.15, -0.1) is 0 Å². The Bertz CT molecular complexity index is 1230. The number of carbonyl (C=O) groups excluding carboxylic acids is 2. The summed E-state index contributed by atoms with van der Waals surface area (Å²) in [6.45, 7) is 2.96. The lowest BCUT2D eigenvalue weighted by Crippen LogP contribution is -2.46. The highest BCUT2D eigenvalue weighted by Crippen LogP contribution is 2.32. The molecule has 3 aromatic rings. The summed E-state index contributed by atoms with van der Waals surface area (Å²) < 4.78 is 5.58. The molecule has 10 heteroatoms. The van der Waals surface area contributed by atoms with Crippen molar-refractivity contribution in [2.45, 2.75) is 45.1 Å². The third kappa shape index (κ3) is 6.20. The van der Waals surface area contributed by atoms with Crippen LogP contribution in [0.25, 0.3) is 11.4 Å². The van der Waals surface area contributed by atoms with Gasteiger partial charge in [0.2, 0.25) is 17.6 Å². The van der Waals surface area contributed by atoms with Gasteiger partial charge in [0.15, 0.2) is 0 Å². The average molecular weight is 550 g/mol. The number of rotatable bonds is 8. The summed E-state index contributed by atoms with van der Waals surface area (Å²) >= 11 is 18.4. The van der Waals surface area contributed by atoms with Gasteiger partial charge in [0.05, 0.1) is 10.6 Å². The highest BCUT2D eigenvalue weighted by Gasteiger charge is 2.34. The molecular formula is C26H27Cl3N4O3. The molecule has 7 nitrogen and oxygen atoms in total. The van der Waals surface area contributed by atoms with Crippen molar-refractivity contribution in [1.29, 1.82) is 0 Å². The maximum absolute atomic E-state index is 13.5. The largest absolute Gasteiger partial charge is 0.337 e. The summed E-state index contributed by atoms with van der Waals surface area (Å²) in [5.74, 6) is 0.331. The Morgan fingerprint density at radius 2 is 1.92 bits per heavy atom. The van der Waals surface area contributed by atoms with Crippen LogP contribution in [0.5, 0.6) is 0 Å². The molecule has 1 aliphatic rings. The molecule has 1 unspecified atom stereocenters. The lowest BCUT2D eigenvalue weighted by molar-refractivity contribution is -0.136. The monoisotopic (exact) mass is 548 g/mol. The molecule has 1 fully saturated rings. The van der Waals surface area contributed by atoms with Gasteiger partial charge < -0.3 is 14.3 Å². The Kier molecular flexibility index (Phi) is 8.88. The fourth-order valence-electron chi connectivity index (χ4n) is 4.29. The van der Waals surface area contributed by atoms with E-state index >= 15 is 0 Å². The molecule has 4 rings (SSSR count). The Labute approximate surface area is 225 Å². The minimum atomic E-state index is -0.353. The van der Waals surface area contributed by atoms with E-state index in [2.05, 4.69) is 10.1 Å². The van der Waals surface area contributed by atoms with E-state index < -0.39 is 0 Å². The van der Waals surface area contributed by atoms with Crippen LogP contribution in [0, 0.1) is 0 Å². The molecule has 1 aliphatic heterocycles. The zero-order valence-electron chi connectivity index (χ0n) is 19.9. The number of aromatic nitrogens is 2. The molecule has 190 valence electrons. The van der Waals surface area contributed by atoms with Crippen LogP contribution in [-0.2, 0) is 4.79 Å². The summed E-state index contributed by atoms with van der Waals surface area (Å²) in [4.78, 5) is 34.7. The summed E-state index contributed by atoms with van der Waals surface area (Å²) in [6, 6.07) is 11.6. The number of piperidine rings is 1. The molecule has 0 spiro atoms. The third-order valence-corrected chi connectivity index (χ3v) is 6.97. The predicted octanol–water partition coefficient (Wildman–Crippen LogP) is 6.69. The Morgan fingerprint density at radius 3 is 2.67 bits per heavy atom. The first-order valence-electron chi connectivity index (χ1n) is 12.0. The molecule has 2 heterocycles. The molecule has 0 radical (unpaired) electrons. The van der Waals surface area contributed by atoms with Gasteiger partial charge in [-0.05, 0) is 56.0 Å². The Morgan fingerprint density at radius 1 is 1.11 bits per heavy atom. The standard InChI is InChI=1S/C26H27Cl3N4O3/c1-2-3-12-32(26(35)20-11-10-19(28)15-21(20)29)16-23(34)33-13-5-4-9-22(33)25-30-24(31-36-25)17-7-6-8-18(27)14-17/h6-8,10-11,14-15,22H,2-5,9,12-13,16H2,1H3. The second-order valence-corrected chi connectivity index (χ2v) is 10.0. The van der Waals surface area contributed by atoms with Crippen LogP contribution < -0.4 is 0 Å². The van der Waals surface area contributed by atoms with Crippen molar-refractivity contribution < 1.29 is 14.1 Å². The van der Waals surface area contributed by atoms with E-state index in [1.54, 1.807) is 34.1 Å². The van der Waals surface area contributed by atoms with Crippen molar-refractivity contribution in [3.05, 3.63) is 69.0 Å². The van der Waals surface area contributed by atoms with Crippen molar-refractivity contribution in [3.63, 3.8) is 0 Å². The first kappa shape index (κ1) is 26.5. The number of hydrogen-bond donors (Lipinski definition) is 0. The van der Waals surface area contributed by atoms with E-state index in [0.29, 0.717) is 46.8 Å². The van der Waals surface area contributed by atoms with Crippen LogP contribution in [0.2, 0.25) is 15.1 Å². The quantitative estimate of drug-likeness (QED) is 0.313. The van der Waals surface area contributed by atoms with Gasteiger partial charge in [0.1, 0.15) is 12.6 Å². The zero-order valence-corrected chi connectivity index (χ0v) is 22.2. The van der Waals surface area contributed by atoms with Gasteiger partial charge in [-0.25, -0.2) is 0 Å². The van der Waals surface area contributed by atoms with Gasteiger partial charge in [-0.3, -0.25) is 9.59 Å². The highest BCUT2D eigenvalue weighted by atomic mass is 35.5. The zero-order chi connectivity index (χ0) is 25.7. The molecule has 36 heavy (non-hydrogen) atoms. The molecule has 2 aromatic carbocycles. The molecule has 0 bridgehead atoms. The SMILES string of the molecule is CCCCN(CC(=O)N1CCCCC1c1nc(-c2cccc(Cl)c2)no1)C(=O)c1ccc(Cl)cc1Cl. The van der Waals surface area contributed by atoms with Gasteiger partial charge in [-0.1, -0.05) is 65.4 Å². The third-order valence-electron chi connectivity index (χ3n) is 6.19.